The molecule has 0 aliphatic carbocycles. The van der Waals surface area contributed by atoms with Crippen molar-refractivity contribution in [1.82, 2.24) is 19.2 Å². The second-order valence-corrected chi connectivity index (χ2v) is 13.8. The summed E-state index contributed by atoms with van der Waals surface area (Å²) < 4.78 is 51.6. The lowest BCUT2D eigenvalue weighted by Crippen LogP contribution is -2.35. The van der Waals surface area contributed by atoms with Crippen molar-refractivity contribution < 1.29 is 26.4 Å². The first kappa shape index (κ1) is 45.8. The smallest absolute Gasteiger partial charge is 0.243 e. The van der Waals surface area contributed by atoms with E-state index in [0.717, 1.165) is 38.5 Å². The van der Waals surface area contributed by atoms with E-state index >= 15 is 0 Å². The van der Waals surface area contributed by atoms with Gasteiger partial charge in [-0.1, -0.05) is 82.7 Å². The molecule has 4 N–H and O–H groups in total. The number of hydrogen-bond acceptors (Lipinski definition) is 7. The molecule has 0 unspecified atom stereocenters. The van der Waals surface area contributed by atoms with Gasteiger partial charge < -0.3 is 16.4 Å². The lowest BCUT2D eigenvalue weighted by molar-refractivity contribution is -0.116. The minimum Gasteiger partial charge on any atom is -0.356 e. The molecule has 2 aromatic rings. The van der Waals surface area contributed by atoms with E-state index < -0.39 is 20.0 Å². The van der Waals surface area contributed by atoms with Crippen molar-refractivity contribution in [3.05, 3.63) is 86.0 Å². The molecule has 2 aliphatic heterocycles. The molecule has 2 amide bonds. The van der Waals surface area contributed by atoms with Crippen LogP contribution in [0.1, 0.15) is 58.8 Å². The van der Waals surface area contributed by atoms with Gasteiger partial charge in [-0.05, 0) is 69.1 Å². The first-order valence-corrected chi connectivity index (χ1v) is 18.7. The molecule has 2 saturated heterocycles. The van der Waals surface area contributed by atoms with Crippen LogP contribution in [0.5, 0.6) is 0 Å². The van der Waals surface area contributed by atoms with Crippen LogP contribution in [0.15, 0.2) is 95.8 Å². The molecule has 0 saturated carbocycles. The molecular weight excluding hydrogens is 639 g/mol. The van der Waals surface area contributed by atoms with Gasteiger partial charge in [0.15, 0.2) is 0 Å². The number of nitrogens with two attached hydrogens (primary N) is 1. The van der Waals surface area contributed by atoms with E-state index in [2.05, 4.69) is 43.4 Å². The van der Waals surface area contributed by atoms with Crippen LogP contribution in [0.25, 0.3) is 0 Å². The van der Waals surface area contributed by atoms with Crippen molar-refractivity contribution >= 4 is 31.9 Å². The molecule has 0 spiro atoms. The maximum Gasteiger partial charge on any atom is 0.243 e. The second-order valence-electron chi connectivity index (χ2n) is 9.90. The second kappa shape index (κ2) is 27.7. The lowest BCUT2D eigenvalue weighted by Gasteiger charge is -2.25. The zero-order valence-corrected chi connectivity index (χ0v) is 30.5. The van der Waals surface area contributed by atoms with Crippen molar-refractivity contribution in [2.75, 3.05) is 47.3 Å². The molecule has 2 aromatic carbocycles. The highest BCUT2D eigenvalue weighted by atomic mass is 32.2. The molecule has 4 rings (SSSR count). The van der Waals surface area contributed by atoms with Crippen LogP contribution in [-0.4, -0.2) is 84.6 Å². The van der Waals surface area contributed by atoms with Gasteiger partial charge in [-0.2, -0.15) is 8.61 Å². The Kier molecular flexibility index (Phi) is 27.0. The zero-order chi connectivity index (χ0) is 36.1. The fourth-order valence-electron chi connectivity index (χ4n) is 3.90. The summed E-state index contributed by atoms with van der Waals surface area (Å²) in [6.07, 6.45) is 9.89. The van der Waals surface area contributed by atoms with Crippen LogP contribution < -0.4 is 16.4 Å². The predicted octanol–water partition coefficient (Wildman–Crippen LogP) is 4.55. The maximum absolute atomic E-state index is 12.1. The van der Waals surface area contributed by atoms with Gasteiger partial charge >= 0.3 is 0 Å². The molecule has 0 radical (unpaired) electrons. The molecule has 13 heteroatoms. The van der Waals surface area contributed by atoms with E-state index in [1.54, 1.807) is 71.2 Å². The van der Waals surface area contributed by atoms with Gasteiger partial charge in [0.2, 0.25) is 31.9 Å². The average Bonchev–Trinajstić information content (AvgIpc) is 3.14. The molecule has 0 bridgehead atoms. The summed E-state index contributed by atoms with van der Waals surface area (Å²) in [7, 11) is -1.84. The summed E-state index contributed by atoms with van der Waals surface area (Å²) >= 11 is 0. The summed E-state index contributed by atoms with van der Waals surface area (Å²) in [5.74, 6) is -0.287. The van der Waals surface area contributed by atoms with Crippen LogP contribution in [0.4, 0.5) is 0 Å². The molecule has 2 heterocycles. The molecule has 2 aliphatic rings. The Morgan fingerprint density at radius 1 is 0.638 bits per heavy atom. The van der Waals surface area contributed by atoms with Gasteiger partial charge in [-0.25, -0.2) is 16.8 Å². The summed E-state index contributed by atoms with van der Waals surface area (Å²) in [6, 6.07) is 17.3. The zero-order valence-electron chi connectivity index (χ0n) is 28.9. The van der Waals surface area contributed by atoms with Crippen LogP contribution in [0.3, 0.4) is 0 Å². The largest absolute Gasteiger partial charge is 0.356 e. The van der Waals surface area contributed by atoms with Gasteiger partial charge in [0.1, 0.15) is 0 Å². The Balaban J connectivity index is 0. The minimum atomic E-state index is -3.23. The van der Waals surface area contributed by atoms with E-state index in [4.69, 9.17) is 0 Å². The first-order valence-electron chi connectivity index (χ1n) is 15.8. The molecular formula is C34H57N5O6S2. The van der Waals surface area contributed by atoms with Gasteiger partial charge in [0, 0.05) is 40.3 Å². The normalized spacial score (nSPS) is 14.3. The molecule has 2 fully saturated rings. The Bertz CT molecular complexity index is 1220. The number of benzene rings is 2. The number of carbonyl (C=O) groups is 2. The topological polar surface area (TPSA) is 159 Å². The lowest BCUT2D eigenvalue weighted by atomic mass is 10.2. The highest BCUT2D eigenvalue weighted by Gasteiger charge is 2.26. The number of carbonyl (C=O) groups excluding carboxylic acids is 2. The molecule has 47 heavy (non-hydrogen) atoms. The van der Waals surface area contributed by atoms with E-state index in [-0.39, 0.29) is 11.8 Å². The van der Waals surface area contributed by atoms with Crippen LogP contribution >= 0.6 is 0 Å². The van der Waals surface area contributed by atoms with Crippen molar-refractivity contribution in [3.63, 3.8) is 0 Å². The SMILES string of the molecule is C=CC(=O)NC.C=CC(=O)NC.CCC.CN.O=S(=O)(c1ccccc1)N1CCCCC1.O=S(=O)(c1ccccc1)N1CCCCC1. The van der Waals surface area contributed by atoms with Gasteiger partial charge in [0.05, 0.1) is 9.79 Å². The average molecular weight is 696 g/mol. The van der Waals surface area contributed by atoms with Crippen molar-refractivity contribution in [1.29, 1.82) is 0 Å². The van der Waals surface area contributed by atoms with Gasteiger partial charge in [0.25, 0.3) is 0 Å². The fourth-order valence-corrected chi connectivity index (χ4v) is 6.97. The minimum absolute atomic E-state index is 0.144. The molecule has 0 aromatic heterocycles. The Hall–Kier alpha value is -3.36. The number of likely N-dealkylation sites (N-methyl/N-ethyl adjacent to an activating group) is 2. The Morgan fingerprint density at radius 2 is 0.894 bits per heavy atom. The fraction of sp³-hybridized carbons (Fsp3) is 0.471. The van der Waals surface area contributed by atoms with E-state index in [9.17, 15) is 26.4 Å². The van der Waals surface area contributed by atoms with Gasteiger partial charge in [-0.3, -0.25) is 9.59 Å². The molecule has 0 atom stereocenters. The molecule has 11 nitrogen and oxygen atoms in total. The number of nitrogens with zero attached hydrogens (tertiary/aromatic N) is 2. The third-order valence-electron chi connectivity index (χ3n) is 6.26. The van der Waals surface area contributed by atoms with Crippen LogP contribution in [0, 0.1) is 0 Å². The van der Waals surface area contributed by atoms with E-state index in [1.807, 2.05) is 12.1 Å². The monoisotopic (exact) mass is 695 g/mol. The summed E-state index contributed by atoms with van der Waals surface area (Å²) in [5.41, 5.74) is 4.50. The number of amides is 2. The standard InChI is InChI=1S/2C11H15NO2S.2C4H7NO.C3H8.CH5N/c2*13-15(14,11-7-3-1-4-8-11)12-9-5-2-6-10-12;2*1-3-4(6)5-2;1-3-2;1-2/h2*1,3-4,7-8H,2,5-6,9-10H2;2*3H,1H2,2H3,(H,5,6);3H2,1-2H3;2H2,1H3. The quantitative estimate of drug-likeness (QED) is 0.374. The summed E-state index contributed by atoms with van der Waals surface area (Å²) in [5, 5.41) is 4.72. The number of piperidine rings is 2. The number of hydrogen-bond donors (Lipinski definition) is 3. The van der Waals surface area contributed by atoms with Crippen molar-refractivity contribution in [3.8, 4) is 0 Å². The summed E-state index contributed by atoms with van der Waals surface area (Å²) in [6.45, 7) is 13.3. The third-order valence-corrected chi connectivity index (χ3v) is 10.1. The first-order chi connectivity index (χ1) is 22.5. The number of nitrogens with one attached hydrogen (secondary N) is 2. The highest BCUT2D eigenvalue weighted by Crippen LogP contribution is 2.20. The Morgan fingerprint density at radius 3 is 1.09 bits per heavy atom. The molecule has 266 valence electrons. The van der Waals surface area contributed by atoms with Crippen molar-refractivity contribution in [2.24, 2.45) is 5.73 Å². The van der Waals surface area contributed by atoms with Gasteiger partial charge in [-0.15, -0.1) is 0 Å². The van der Waals surface area contributed by atoms with Crippen molar-refractivity contribution in [2.45, 2.75) is 68.6 Å². The number of rotatable bonds is 6. The highest BCUT2D eigenvalue weighted by molar-refractivity contribution is 7.89. The van der Waals surface area contributed by atoms with E-state index in [1.165, 1.54) is 25.6 Å². The van der Waals surface area contributed by atoms with Crippen LogP contribution in [-0.2, 0) is 29.6 Å². The Labute approximate surface area is 284 Å². The van der Waals surface area contributed by atoms with E-state index in [0.29, 0.717) is 36.0 Å². The predicted molar refractivity (Wildman–Crippen MR) is 193 cm³/mol. The summed E-state index contributed by atoms with van der Waals surface area (Å²) in [4.78, 5) is 20.7. The van der Waals surface area contributed by atoms with Crippen LogP contribution in [0.2, 0.25) is 0 Å². The third kappa shape index (κ3) is 19.2. The maximum atomic E-state index is 12.1. The number of sulfonamides is 2.